The smallest absolute Gasteiger partial charge is 0.337 e. The second-order valence-electron chi connectivity index (χ2n) is 5.46. The van der Waals surface area contributed by atoms with Crippen LogP contribution in [-0.2, 0) is 5.41 Å². The number of rotatable bonds is 2. The summed E-state index contributed by atoms with van der Waals surface area (Å²) in [6.45, 7) is 6.27. The number of carboxylic acid groups (broad SMARTS) is 1. The standard InChI is InChI=1S/C13H17NO2/c1-13(2,3)10-7-6-9(12(15)16)11(14-10)8-4-5-8/h6-8H,4-5H2,1-3H3,(H,15,16). The Balaban J connectivity index is 2.48. The zero-order chi connectivity index (χ0) is 11.9. The normalized spacial score (nSPS) is 16.2. The van der Waals surface area contributed by atoms with Crippen LogP contribution in [-0.4, -0.2) is 16.1 Å². The number of aromatic nitrogens is 1. The average Bonchev–Trinajstić information content (AvgIpc) is 2.98. The van der Waals surface area contributed by atoms with Crippen molar-refractivity contribution >= 4 is 5.97 Å². The second-order valence-corrected chi connectivity index (χ2v) is 5.46. The molecule has 3 heteroatoms. The molecule has 0 radical (unpaired) electrons. The minimum Gasteiger partial charge on any atom is -0.478 e. The van der Waals surface area contributed by atoms with Gasteiger partial charge in [0.05, 0.1) is 11.3 Å². The van der Waals surface area contributed by atoms with Crippen LogP contribution in [0.3, 0.4) is 0 Å². The van der Waals surface area contributed by atoms with Crippen LogP contribution in [0.1, 0.15) is 61.3 Å². The number of carboxylic acids is 1. The summed E-state index contributed by atoms with van der Waals surface area (Å²) >= 11 is 0. The van der Waals surface area contributed by atoms with Gasteiger partial charge in [0, 0.05) is 17.0 Å². The fourth-order valence-corrected chi connectivity index (χ4v) is 1.74. The molecule has 1 N–H and O–H groups in total. The molecule has 0 amide bonds. The fraction of sp³-hybridized carbons (Fsp3) is 0.538. The maximum absolute atomic E-state index is 11.1. The van der Waals surface area contributed by atoms with Gasteiger partial charge in [0.15, 0.2) is 0 Å². The molecule has 86 valence electrons. The Labute approximate surface area is 95.5 Å². The third-order valence-electron chi connectivity index (χ3n) is 2.89. The topological polar surface area (TPSA) is 50.2 Å². The van der Waals surface area contributed by atoms with Crippen LogP contribution in [0, 0.1) is 0 Å². The van der Waals surface area contributed by atoms with Crippen molar-refractivity contribution in [2.24, 2.45) is 0 Å². The van der Waals surface area contributed by atoms with E-state index in [1.807, 2.05) is 6.07 Å². The molecule has 0 bridgehead atoms. The number of carbonyl (C=O) groups is 1. The largest absolute Gasteiger partial charge is 0.478 e. The van der Waals surface area contributed by atoms with Crippen molar-refractivity contribution in [3.8, 4) is 0 Å². The van der Waals surface area contributed by atoms with E-state index in [1.165, 1.54) is 0 Å². The number of aromatic carboxylic acids is 1. The van der Waals surface area contributed by atoms with Gasteiger partial charge in [-0.3, -0.25) is 4.98 Å². The highest BCUT2D eigenvalue weighted by molar-refractivity contribution is 5.89. The molecule has 2 rings (SSSR count). The minimum atomic E-state index is -0.866. The molecule has 1 fully saturated rings. The highest BCUT2D eigenvalue weighted by Crippen LogP contribution is 2.41. The third-order valence-corrected chi connectivity index (χ3v) is 2.89. The SMILES string of the molecule is CC(C)(C)c1ccc(C(=O)O)c(C2CC2)n1. The summed E-state index contributed by atoms with van der Waals surface area (Å²) in [5.41, 5.74) is 2.09. The van der Waals surface area contributed by atoms with Crippen LogP contribution < -0.4 is 0 Å². The molecule has 0 saturated heterocycles. The maximum atomic E-state index is 11.1. The van der Waals surface area contributed by atoms with E-state index in [2.05, 4.69) is 25.8 Å². The molecule has 0 spiro atoms. The molecule has 1 aliphatic rings. The highest BCUT2D eigenvalue weighted by atomic mass is 16.4. The van der Waals surface area contributed by atoms with E-state index in [1.54, 1.807) is 6.07 Å². The first-order chi connectivity index (χ1) is 7.39. The first kappa shape index (κ1) is 11.1. The molecule has 0 atom stereocenters. The average molecular weight is 219 g/mol. The predicted octanol–water partition coefficient (Wildman–Crippen LogP) is 2.95. The van der Waals surface area contributed by atoms with Crippen LogP contribution >= 0.6 is 0 Å². The van der Waals surface area contributed by atoms with Gasteiger partial charge < -0.3 is 5.11 Å². The summed E-state index contributed by atoms with van der Waals surface area (Å²) in [6, 6.07) is 3.53. The molecule has 0 unspecified atom stereocenters. The first-order valence-corrected chi connectivity index (χ1v) is 5.64. The van der Waals surface area contributed by atoms with E-state index in [4.69, 9.17) is 5.11 Å². The van der Waals surface area contributed by atoms with E-state index in [9.17, 15) is 4.79 Å². The highest BCUT2D eigenvalue weighted by Gasteiger charge is 2.31. The van der Waals surface area contributed by atoms with Crippen LogP contribution in [0.2, 0.25) is 0 Å². The lowest BCUT2D eigenvalue weighted by Gasteiger charge is -2.19. The molecule has 1 aromatic rings. The summed E-state index contributed by atoms with van der Waals surface area (Å²) in [5.74, 6) is -0.497. The monoisotopic (exact) mass is 219 g/mol. The molecule has 3 nitrogen and oxygen atoms in total. The van der Waals surface area contributed by atoms with E-state index in [-0.39, 0.29) is 5.41 Å². The van der Waals surface area contributed by atoms with Crippen molar-refractivity contribution in [2.75, 3.05) is 0 Å². The van der Waals surface area contributed by atoms with Gasteiger partial charge in [0.25, 0.3) is 0 Å². The number of nitrogens with zero attached hydrogens (tertiary/aromatic N) is 1. The van der Waals surface area contributed by atoms with Crippen molar-refractivity contribution in [1.82, 2.24) is 4.98 Å². The van der Waals surface area contributed by atoms with Gasteiger partial charge in [-0.05, 0) is 25.0 Å². The van der Waals surface area contributed by atoms with Gasteiger partial charge in [-0.25, -0.2) is 4.79 Å². The summed E-state index contributed by atoms with van der Waals surface area (Å²) in [7, 11) is 0. The van der Waals surface area contributed by atoms with Gasteiger partial charge in [0.1, 0.15) is 0 Å². The second kappa shape index (κ2) is 3.58. The third kappa shape index (κ3) is 2.08. The van der Waals surface area contributed by atoms with Crippen LogP contribution in [0.15, 0.2) is 12.1 Å². The Morgan fingerprint density at radius 3 is 2.44 bits per heavy atom. The Morgan fingerprint density at radius 1 is 1.38 bits per heavy atom. The van der Waals surface area contributed by atoms with E-state index in [0.717, 1.165) is 24.2 Å². The van der Waals surface area contributed by atoms with Gasteiger partial charge in [-0.2, -0.15) is 0 Å². The zero-order valence-corrected chi connectivity index (χ0v) is 9.95. The van der Waals surface area contributed by atoms with E-state index < -0.39 is 5.97 Å². The van der Waals surface area contributed by atoms with Crippen molar-refractivity contribution in [3.63, 3.8) is 0 Å². The van der Waals surface area contributed by atoms with E-state index in [0.29, 0.717) is 11.5 Å². The molecular formula is C13H17NO2. The number of hydrogen-bond donors (Lipinski definition) is 1. The lowest BCUT2D eigenvalue weighted by atomic mass is 9.90. The van der Waals surface area contributed by atoms with Crippen LogP contribution in [0.5, 0.6) is 0 Å². The summed E-state index contributed by atoms with van der Waals surface area (Å²) in [4.78, 5) is 15.6. The van der Waals surface area contributed by atoms with Gasteiger partial charge in [0.2, 0.25) is 0 Å². The molecular weight excluding hydrogens is 202 g/mol. The Bertz CT molecular complexity index is 428. The van der Waals surface area contributed by atoms with Crippen LogP contribution in [0.4, 0.5) is 0 Å². The Kier molecular flexibility index (Phi) is 2.49. The van der Waals surface area contributed by atoms with Crippen molar-refractivity contribution in [1.29, 1.82) is 0 Å². The molecule has 1 saturated carbocycles. The molecule has 0 aliphatic heterocycles. The number of pyridine rings is 1. The quantitative estimate of drug-likeness (QED) is 0.832. The molecule has 1 aliphatic carbocycles. The summed E-state index contributed by atoms with van der Waals surface area (Å²) in [5, 5.41) is 9.10. The maximum Gasteiger partial charge on any atom is 0.337 e. The summed E-state index contributed by atoms with van der Waals surface area (Å²) in [6.07, 6.45) is 2.14. The Hall–Kier alpha value is -1.38. The Morgan fingerprint density at radius 2 is 2.00 bits per heavy atom. The first-order valence-electron chi connectivity index (χ1n) is 5.64. The van der Waals surface area contributed by atoms with Gasteiger partial charge in [-0.1, -0.05) is 20.8 Å². The molecule has 1 aromatic heterocycles. The van der Waals surface area contributed by atoms with Crippen molar-refractivity contribution in [2.45, 2.75) is 44.9 Å². The lowest BCUT2D eigenvalue weighted by molar-refractivity contribution is 0.0695. The molecule has 0 aromatic carbocycles. The fourth-order valence-electron chi connectivity index (χ4n) is 1.74. The predicted molar refractivity (Wildman–Crippen MR) is 61.9 cm³/mol. The van der Waals surface area contributed by atoms with Crippen molar-refractivity contribution in [3.05, 3.63) is 29.1 Å². The van der Waals surface area contributed by atoms with E-state index >= 15 is 0 Å². The van der Waals surface area contributed by atoms with Crippen LogP contribution in [0.25, 0.3) is 0 Å². The zero-order valence-electron chi connectivity index (χ0n) is 9.95. The van der Waals surface area contributed by atoms with Crippen molar-refractivity contribution < 1.29 is 9.90 Å². The molecule has 1 heterocycles. The lowest BCUT2D eigenvalue weighted by Crippen LogP contribution is -2.16. The minimum absolute atomic E-state index is 0.0271. The van der Waals surface area contributed by atoms with Gasteiger partial charge in [-0.15, -0.1) is 0 Å². The van der Waals surface area contributed by atoms with Gasteiger partial charge >= 0.3 is 5.97 Å². The molecule has 16 heavy (non-hydrogen) atoms. The summed E-state index contributed by atoms with van der Waals surface area (Å²) < 4.78 is 0. The number of hydrogen-bond acceptors (Lipinski definition) is 2.